The molecule has 12 rings (SSSR count). The first-order valence-corrected chi connectivity index (χ1v) is 19.1. The molecule has 0 saturated carbocycles. The molecule has 0 unspecified atom stereocenters. The maximum absolute atomic E-state index is 6.37. The number of hydrogen-bond donors (Lipinski definition) is 0. The fraction of sp³-hybridized carbons (Fsp3) is 0. The number of aromatic nitrogens is 5. The minimum atomic E-state index is 0.565. The molecule has 57 heavy (non-hydrogen) atoms. The normalized spacial score (nSPS) is 11.9. The number of furan rings is 1. The Labute approximate surface area is 326 Å². The Balaban J connectivity index is 1.11. The fourth-order valence-electron chi connectivity index (χ4n) is 8.62. The summed E-state index contributed by atoms with van der Waals surface area (Å²) in [6.07, 6.45) is 0. The van der Waals surface area contributed by atoms with E-state index in [1.807, 2.05) is 48.5 Å². The van der Waals surface area contributed by atoms with Gasteiger partial charge in [0.2, 0.25) is 5.95 Å². The molecule has 4 aromatic heterocycles. The molecule has 0 saturated heterocycles. The zero-order chi connectivity index (χ0) is 37.5. The van der Waals surface area contributed by atoms with Crippen molar-refractivity contribution >= 4 is 65.6 Å². The molecule has 6 heteroatoms. The third kappa shape index (κ3) is 4.87. The van der Waals surface area contributed by atoms with E-state index in [4.69, 9.17) is 19.4 Å². The number of rotatable bonds is 5. The number of benzene rings is 8. The first-order chi connectivity index (χ1) is 28.3. The monoisotopic (exact) mass is 729 g/mol. The molecule has 0 atom stereocenters. The summed E-state index contributed by atoms with van der Waals surface area (Å²) >= 11 is 0. The van der Waals surface area contributed by atoms with E-state index in [1.165, 1.54) is 16.3 Å². The van der Waals surface area contributed by atoms with Crippen LogP contribution in [0.25, 0.3) is 111 Å². The van der Waals surface area contributed by atoms with Gasteiger partial charge in [-0.15, -0.1) is 0 Å². The van der Waals surface area contributed by atoms with Crippen molar-refractivity contribution in [1.82, 2.24) is 24.1 Å². The molecule has 0 bridgehead atoms. The van der Waals surface area contributed by atoms with Crippen LogP contribution in [0.1, 0.15) is 0 Å². The van der Waals surface area contributed by atoms with Crippen molar-refractivity contribution < 1.29 is 4.42 Å². The Morgan fingerprint density at radius 2 is 0.825 bits per heavy atom. The largest absolute Gasteiger partial charge is 0.456 e. The number of nitrogens with zero attached hydrogens (tertiary/aromatic N) is 5. The molecule has 0 aliphatic rings. The lowest BCUT2D eigenvalue weighted by Gasteiger charge is -2.11. The lowest BCUT2D eigenvalue weighted by molar-refractivity contribution is 0.668. The van der Waals surface area contributed by atoms with Crippen molar-refractivity contribution in [3.63, 3.8) is 0 Å². The Hall–Kier alpha value is -7.83. The van der Waals surface area contributed by atoms with Crippen LogP contribution < -0.4 is 0 Å². The minimum Gasteiger partial charge on any atom is -0.456 e. The van der Waals surface area contributed by atoms with Crippen molar-refractivity contribution in [2.24, 2.45) is 0 Å². The van der Waals surface area contributed by atoms with Crippen molar-refractivity contribution in [3.05, 3.63) is 188 Å². The quantitative estimate of drug-likeness (QED) is 0.177. The summed E-state index contributed by atoms with van der Waals surface area (Å²) in [6.45, 7) is 0. The van der Waals surface area contributed by atoms with Gasteiger partial charge in [-0.05, 0) is 53.6 Å². The highest BCUT2D eigenvalue weighted by atomic mass is 16.3. The van der Waals surface area contributed by atoms with E-state index in [0.717, 1.165) is 77.2 Å². The van der Waals surface area contributed by atoms with E-state index < -0.39 is 0 Å². The van der Waals surface area contributed by atoms with E-state index >= 15 is 0 Å². The zero-order valence-corrected chi connectivity index (χ0v) is 30.5. The molecule has 0 aliphatic carbocycles. The molecular weight excluding hydrogens is 699 g/mol. The lowest BCUT2D eigenvalue weighted by Crippen LogP contribution is -2.06. The van der Waals surface area contributed by atoms with E-state index in [1.54, 1.807) is 0 Å². The van der Waals surface area contributed by atoms with Gasteiger partial charge < -0.3 is 8.98 Å². The molecule has 4 heterocycles. The minimum absolute atomic E-state index is 0.565. The van der Waals surface area contributed by atoms with E-state index in [-0.39, 0.29) is 0 Å². The van der Waals surface area contributed by atoms with Crippen LogP contribution >= 0.6 is 0 Å². The fourth-order valence-corrected chi connectivity index (χ4v) is 8.62. The lowest BCUT2D eigenvalue weighted by atomic mass is 10.0. The van der Waals surface area contributed by atoms with Crippen molar-refractivity contribution in [2.45, 2.75) is 0 Å². The SMILES string of the molecule is c1ccc(-c2ccc(-c3nc(-c4ccccc4)nc(-n4c5ccccc5c5c6c7ccccc7n(-c7ccc8c(c7)oc7ccccc78)c6ccc54)n3)cc2)cc1. The summed E-state index contributed by atoms with van der Waals surface area (Å²) in [5.74, 6) is 1.80. The van der Waals surface area contributed by atoms with Crippen LogP contribution in [0.2, 0.25) is 0 Å². The van der Waals surface area contributed by atoms with Gasteiger partial charge in [0, 0.05) is 55.2 Å². The molecule has 0 amide bonds. The van der Waals surface area contributed by atoms with Crippen LogP contribution in [0.3, 0.4) is 0 Å². The van der Waals surface area contributed by atoms with Crippen molar-refractivity contribution in [1.29, 1.82) is 0 Å². The van der Waals surface area contributed by atoms with Crippen LogP contribution in [0.5, 0.6) is 0 Å². The second-order valence-corrected chi connectivity index (χ2v) is 14.4. The molecule has 12 aromatic rings. The van der Waals surface area contributed by atoms with Crippen LogP contribution in [-0.4, -0.2) is 24.1 Å². The van der Waals surface area contributed by atoms with Gasteiger partial charge in [0.25, 0.3) is 0 Å². The Morgan fingerprint density at radius 3 is 1.51 bits per heavy atom. The molecular formula is C51H31N5O. The Bertz CT molecular complexity index is 3510. The van der Waals surface area contributed by atoms with E-state index in [9.17, 15) is 0 Å². The van der Waals surface area contributed by atoms with Gasteiger partial charge in [0.1, 0.15) is 11.2 Å². The molecule has 0 radical (unpaired) electrons. The van der Waals surface area contributed by atoms with Crippen molar-refractivity contribution in [2.75, 3.05) is 0 Å². The van der Waals surface area contributed by atoms with Gasteiger partial charge in [-0.2, -0.15) is 9.97 Å². The molecule has 0 aliphatic heterocycles. The van der Waals surface area contributed by atoms with Gasteiger partial charge in [0.15, 0.2) is 11.6 Å². The van der Waals surface area contributed by atoms with Gasteiger partial charge in [-0.1, -0.05) is 140 Å². The molecule has 8 aromatic carbocycles. The summed E-state index contributed by atoms with van der Waals surface area (Å²) in [6, 6.07) is 65.5. The third-order valence-corrected chi connectivity index (χ3v) is 11.2. The van der Waals surface area contributed by atoms with E-state index in [2.05, 4.69) is 149 Å². The Kier molecular flexibility index (Phi) is 6.83. The number of hydrogen-bond acceptors (Lipinski definition) is 4. The Morgan fingerprint density at radius 1 is 0.333 bits per heavy atom. The highest BCUT2D eigenvalue weighted by Crippen LogP contribution is 2.43. The van der Waals surface area contributed by atoms with E-state index in [0.29, 0.717) is 17.6 Å². The third-order valence-electron chi connectivity index (χ3n) is 11.2. The predicted octanol–water partition coefficient (Wildman–Crippen LogP) is 13.0. The molecule has 6 nitrogen and oxygen atoms in total. The topological polar surface area (TPSA) is 61.7 Å². The zero-order valence-electron chi connectivity index (χ0n) is 30.5. The summed E-state index contributed by atoms with van der Waals surface area (Å²) in [4.78, 5) is 15.5. The number of para-hydroxylation sites is 3. The summed E-state index contributed by atoms with van der Waals surface area (Å²) in [5.41, 5.74) is 11.2. The van der Waals surface area contributed by atoms with Gasteiger partial charge in [-0.3, -0.25) is 4.57 Å². The molecule has 0 N–H and O–H groups in total. The summed E-state index contributed by atoms with van der Waals surface area (Å²) in [7, 11) is 0. The molecule has 266 valence electrons. The maximum atomic E-state index is 6.37. The van der Waals surface area contributed by atoms with Gasteiger partial charge >= 0.3 is 0 Å². The maximum Gasteiger partial charge on any atom is 0.238 e. The van der Waals surface area contributed by atoms with Gasteiger partial charge in [0.05, 0.1) is 22.1 Å². The molecule has 0 fully saturated rings. The first kappa shape index (κ1) is 31.5. The van der Waals surface area contributed by atoms with Crippen LogP contribution in [0.4, 0.5) is 0 Å². The standard InChI is InChI=1S/C51H31N5O/c1-3-13-32(14-4-1)33-23-25-35(26-24-33)50-52-49(34-15-5-2-6-16-34)53-51(54-50)56-42-21-11-8-19-40(42)48-44(56)30-29-43-47(48)39-18-7-10-20-41(39)55(43)36-27-28-38-37-17-9-12-22-45(37)57-46(38)31-36/h1-31H. The first-order valence-electron chi connectivity index (χ1n) is 19.1. The van der Waals surface area contributed by atoms with Crippen LogP contribution in [0.15, 0.2) is 192 Å². The summed E-state index contributed by atoms with van der Waals surface area (Å²) < 4.78 is 10.9. The van der Waals surface area contributed by atoms with Gasteiger partial charge in [-0.25, -0.2) is 4.98 Å². The highest BCUT2D eigenvalue weighted by Gasteiger charge is 2.23. The predicted molar refractivity (Wildman–Crippen MR) is 232 cm³/mol. The highest BCUT2D eigenvalue weighted by molar-refractivity contribution is 6.29. The van der Waals surface area contributed by atoms with Crippen LogP contribution in [-0.2, 0) is 0 Å². The smallest absolute Gasteiger partial charge is 0.238 e. The number of fused-ring (bicyclic) bond motifs is 10. The van der Waals surface area contributed by atoms with Crippen molar-refractivity contribution in [3.8, 4) is 45.5 Å². The second-order valence-electron chi connectivity index (χ2n) is 14.4. The van der Waals surface area contributed by atoms with Crippen LogP contribution in [0, 0.1) is 0 Å². The second kappa shape index (κ2) is 12.3. The molecule has 0 spiro atoms. The average molecular weight is 730 g/mol. The summed E-state index contributed by atoms with van der Waals surface area (Å²) in [5, 5.41) is 6.86. The average Bonchev–Trinajstić information content (AvgIpc) is 3.94.